The van der Waals surface area contributed by atoms with Crippen molar-refractivity contribution in [1.29, 1.82) is 0 Å². The van der Waals surface area contributed by atoms with E-state index in [0.29, 0.717) is 25.7 Å². The number of hydrogen-bond donors (Lipinski definition) is 2. The number of phosphoric ester groups is 1. The lowest BCUT2D eigenvalue weighted by molar-refractivity contribution is -0.161. The molecule has 11 nitrogen and oxygen atoms in total. The number of esters is 3. The van der Waals surface area contributed by atoms with Gasteiger partial charge in [0.15, 0.2) is 6.10 Å². The van der Waals surface area contributed by atoms with Gasteiger partial charge < -0.3 is 24.2 Å². The smallest absolute Gasteiger partial charge is 0.462 e. The summed E-state index contributed by atoms with van der Waals surface area (Å²) < 4.78 is 39.1. The van der Waals surface area contributed by atoms with Crippen LogP contribution in [0.3, 0.4) is 0 Å². The van der Waals surface area contributed by atoms with E-state index in [1.165, 1.54) is 12.8 Å². The molecule has 0 radical (unpaired) electrons. The van der Waals surface area contributed by atoms with Crippen LogP contribution < -0.4 is 0 Å². The Hall–Kier alpha value is -4.38. The van der Waals surface area contributed by atoms with Gasteiger partial charge in [-0.25, -0.2) is 4.57 Å². The second kappa shape index (κ2) is 51.0. The topological polar surface area (TPSA) is 155 Å². The molecule has 0 spiro atoms. The van der Waals surface area contributed by atoms with Crippen molar-refractivity contribution in [3.63, 3.8) is 0 Å². The summed E-state index contributed by atoms with van der Waals surface area (Å²) in [5.74, 6) is -1.69. The van der Waals surface area contributed by atoms with Gasteiger partial charge in [0.2, 0.25) is 0 Å². The first-order chi connectivity index (χ1) is 34.2. The molecule has 0 rings (SSSR count). The molecular formula is C58H91O11P. The first-order valence-electron chi connectivity index (χ1n) is 26.1. The molecule has 3 atom stereocenters. The van der Waals surface area contributed by atoms with Crippen molar-refractivity contribution < 1.29 is 52.2 Å². The molecule has 0 heterocycles. The van der Waals surface area contributed by atoms with Crippen LogP contribution in [0.5, 0.6) is 0 Å². The third-order valence-corrected chi connectivity index (χ3v) is 11.0. The summed E-state index contributed by atoms with van der Waals surface area (Å²) in [7, 11) is -4.79. The summed E-state index contributed by atoms with van der Waals surface area (Å²) >= 11 is 0. The number of carbonyl (C=O) groups is 3. The largest absolute Gasteiger partial charge is 0.472 e. The first kappa shape index (κ1) is 65.6. The number of carbonyl (C=O) groups excluding carboxylic acids is 3. The van der Waals surface area contributed by atoms with E-state index in [9.17, 15) is 28.9 Å². The molecule has 0 saturated heterocycles. The lowest BCUT2D eigenvalue weighted by Crippen LogP contribution is -2.30. The number of aliphatic hydroxyl groups is 1. The third kappa shape index (κ3) is 48.6. The highest BCUT2D eigenvalue weighted by Crippen LogP contribution is 2.43. The Balaban J connectivity index is 4.94. The van der Waals surface area contributed by atoms with Gasteiger partial charge in [0.25, 0.3) is 0 Å². The highest BCUT2D eigenvalue weighted by atomic mass is 31.2. The quantitative estimate of drug-likeness (QED) is 0.0197. The average molecular weight is 995 g/mol. The van der Waals surface area contributed by atoms with Gasteiger partial charge >= 0.3 is 25.7 Å². The zero-order valence-corrected chi connectivity index (χ0v) is 44.1. The van der Waals surface area contributed by atoms with Crippen molar-refractivity contribution in [2.45, 2.75) is 187 Å². The van der Waals surface area contributed by atoms with Crippen molar-refractivity contribution in [3.8, 4) is 0 Å². The van der Waals surface area contributed by atoms with Crippen LogP contribution in [0.15, 0.2) is 134 Å². The zero-order chi connectivity index (χ0) is 51.3. The van der Waals surface area contributed by atoms with Gasteiger partial charge in [-0.1, -0.05) is 187 Å². The van der Waals surface area contributed by atoms with Crippen LogP contribution >= 0.6 is 7.82 Å². The minimum Gasteiger partial charge on any atom is -0.462 e. The van der Waals surface area contributed by atoms with Crippen LogP contribution in [0.4, 0.5) is 0 Å². The molecule has 2 N–H and O–H groups in total. The number of rotatable bonds is 46. The lowest BCUT2D eigenvalue weighted by atomic mass is 10.1. The molecule has 0 aliphatic rings. The summed E-state index contributed by atoms with van der Waals surface area (Å²) in [6.45, 7) is 4.15. The normalized spacial score (nSPS) is 14.5. The summed E-state index contributed by atoms with van der Waals surface area (Å²) in [5.41, 5.74) is 0. The Bertz CT molecular complexity index is 1680. The molecule has 0 aliphatic carbocycles. The second-order valence-electron chi connectivity index (χ2n) is 16.6. The molecule has 0 aromatic carbocycles. The molecule has 12 heteroatoms. The Morgan fingerprint density at radius 1 is 0.414 bits per heavy atom. The van der Waals surface area contributed by atoms with E-state index >= 15 is 0 Å². The predicted octanol–water partition coefficient (Wildman–Crippen LogP) is 15.0. The molecule has 70 heavy (non-hydrogen) atoms. The van der Waals surface area contributed by atoms with Crippen molar-refractivity contribution >= 4 is 25.7 Å². The fraction of sp³-hybridized carbons (Fsp3) is 0.569. The zero-order valence-electron chi connectivity index (χ0n) is 43.2. The molecule has 0 fully saturated rings. The van der Waals surface area contributed by atoms with Gasteiger partial charge in [0, 0.05) is 19.3 Å². The maximum atomic E-state index is 12.8. The molecule has 0 aromatic heterocycles. The number of allylic oxidation sites excluding steroid dienone is 22. The molecule has 0 aliphatic heterocycles. The van der Waals surface area contributed by atoms with Crippen LogP contribution in [0, 0.1) is 0 Å². The van der Waals surface area contributed by atoms with Crippen LogP contribution in [0.2, 0.25) is 0 Å². The standard InChI is InChI=1S/C58H91O11P/c1-4-7-10-13-16-19-22-24-25-26-27-28-29-31-34-37-40-43-46-49-58(62)69-55(51-65-56(60)47-44-41-38-35-32-21-18-15-12-9-6-3)53-67-70(63,64)66-52-54(50-59)68-57(61)48-45-42-39-36-33-30-23-20-17-14-11-8-5-2/h7-8,10-11,15-20,24-25,27-28,30-31,33-34,39-40,42-43,54-55,59H,4-6,9,12-14,21-23,26,29,32,35-38,41,44-53H2,1-3H3,(H,63,64)/b10-7-,11-8-,18-15-,19-16-,20-17-,25-24-,28-27-,33-30-,34-31-,42-39-,43-40-. The summed E-state index contributed by atoms with van der Waals surface area (Å²) in [6, 6.07) is 0. The molecule has 0 saturated carbocycles. The molecule has 394 valence electrons. The fourth-order valence-electron chi connectivity index (χ4n) is 6.14. The SMILES string of the molecule is CC/C=C\C/C=C\C/C=C\C/C=C\C/C=C\C/C=C\CCC(=O)OC(COC(=O)CCCCCCC/C=C\CCCC)COP(=O)(O)OCC(CO)OC(=O)CC/C=C\C/C=C\C/C=C\C/C=C\CC. The van der Waals surface area contributed by atoms with Crippen LogP contribution in [-0.4, -0.2) is 66.5 Å². The molecule has 0 bridgehead atoms. The van der Waals surface area contributed by atoms with E-state index in [1.807, 2.05) is 30.4 Å². The van der Waals surface area contributed by atoms with Crippen LogP contribution in [0.1, 0.15) is 175 Å². The Labute approximate surface area is 423 Å². The fourth-order valence-corrected chi connectivity index (χ4v) is 6.92. The van der Waals surface area contributed by atoms with E-state index in [2.05, 4.69) is 124 Å². The molecular weight excluding hydrogens is 904 g/mol. The van der Waals surface area contributed by atoms with Crippen molar-refractivity contribution in [2.24, 2.45) is 0 Å². The van der Waals surface area contributed by atoms with Crippen molar-refractivity contribution in [2.75, 3.05) is 26.4 Å². The van der Waals surface area contributed by atoms with Crippen molar-refractivity contribution in [3.05, 3.63) is 134 Å². The second-order valence-corrected chi connectivity index (χ2v) is 18.0. The minimum absolute atomic E-state index is 0.0280. The summed E-state index contributed by atoms with van der Waals surface area (Å²) in [5, 5.41) is 9.76. The van der Waals surface area contributed by atoms with Crippen molar-refractivity contribution in [1.82, 2.24) is 0 Å². The van der Waals surface area contributed by atoms with E-state index in [4.69, 9.17) is 23.3 Å². The number of phosphoric acid groups is 1. The number of ether oxygens (including phenoxy) is 3. The number of hydrogen-bond acceptors (Lipinski definition) is 10. The van der Waals surface area contributed by atoms with E-state index in [-0.39, 0.29) is 25.9 Å². The third-order valence-electron chi connectivity index (χ3n) is 10.1. The predicted molar refractivity (Wildman–Crippen MR) is 288 cm³/mol. The first-order valence-corrected chi connectivity index (χ1v) is 27.6. The Morgan fingerprint density at radius 2 is 0.771 bits per heavy atom. The van der Waals surface area contributed by atoms with Gasteiger partial charge in [0.05, 0.1) is 19.8 Å². The summed E-state index contributed by atoms with van der Waals surface area (Å²) in [6.07, 6.45) is 63.2. The summed E-state index contributed by atoms with van der Waals surface area (Å²) in [4.78, 5) is 48.2. The average Bonchev–Trinajstić information content (AvgIpc) is 3.35. The molecule has 0 aromatic rings. The highest BCUT2D eigenvalue weighted by molar-refractivity contribution is 7.47. The number of aliphatic hydroxyl groups excluding tert-OH is 1. The molecule has 3 unspecified atom stereocenters. The highest BCUT2D eigenvalue weighted by Gasteiger charge is 2.28. The van der Waals surface area contributed by atoms with Gasteiger partial charge in [0.1, 0.15) is 12.7 Å². The lowest BCUT2D eigenvalue weighted by Gasteiger charge is -2.21. The monoisotopic (exact) mass is 995 g/mol. The Kier molecular flexibility index (Phi) is 47.8. The van der Waals surface area contributed by atoms with Gasteiger partial charge in [-0.2, -0.15) is 0 Å². The van der Waals surface area contributed by atoms with Crippen LogP contribution in [0.25, 0.3) is 0 Å². The van der Waals surface area contributed by atoms with Crippen LogP contribution in [-0.2, 0) is 42.2 Å². The van der Waals surface area contributed by atoms with Gasteiger partial charge in [-0.15, -0.1) is 0 Å². The van der Waals surface area contributed by atoms with Gasteiger partial charge in [-0.3, -0.25) is 23.4 Å². The number of unbranched alkanes of at least 4 members (excludes halogenated alkanes) is 7. The maximum absolute atomic E-state index is 12.8. The molecule has 0 amide bonds. The van der Waals surface area contributed by atoms with E-state index < -0.39 is 57.8 Å². The van der Waals surface area contributed by atoms with E-state index in [1.54, 1.807) is 0 Å². The maximum Gasteiger partial charge on any atom is 0.472 e. The Morgan fingerprint density at radius 3 is 1.20 bits per heavy atom. The van der Waals surface area contributed by atoms with E-state index in [0.717, 1.165) is 96.3 Å². The minimum atomic E-state index is -4.79. The van der Waals surface area contributed by atoms with Gasteiger partial charge in [-0.05, 0) is 103 Å².